The van der Waals surface area contributed by atoms with Crippen LogP contribution in [-0.2, 0) is 17.5 Å². The number of hydrogen-bond donors (Lipinski definition) is 1. The average molecular weight is 446 g/mol. The van der Waals surface area contributed by atoms with Crippen LogP contribution in [0.3, 0.4) is 0 Å². The molecule has 0 radical (unpaired) electrons. The monoisotopic (exact) mass is 446 g/mol. The Bertz CT molecular complexity index is 1090. The standard InChI is InChI=1S/C23H25F3N4O2/c1-32-14-13-30-16-20(19-7-2-3-8-21(19)30)27-22(31)29-11-9-28(10-12-29)18-6-4-5-17(15-18)23(24,25)26/h2-8,15-16H,9-14H2,1H3,(H,27,31). The van der Waals surface area contributed by atoms with Crippen LogP contribution in [0.15, 0.2) is 54.7 Å². The molecular formula is C23H25F3N4O2. The normalized spacial score (nSPS) is 14.8. The SMILES string of the molecule is COCCn1cc(NC(=O)N2CCN(c3cccc(C(F)(F)F)c3)CC2)c2ccccc21. The molecule has 0 spiro atoms. The fourth-order valence-electron chi connectivity index (χ4n) is 3.96. The Labute approximate surface area is 184 Å². The number of benzene rings is 2. The molecule has 0 unspecified atom stereocenters. The summed E-state index contributed by atoms with van der Waals surface area (Å²) in [4.78, 5) is 16.4. The summed E-state index contributed by atoms with van der Waals surface area (Å²) in [6.45, 7) is 3.00. The van der Waals surface area contributed by atoms with Crippen molar-refractivity contribution in [3.05, 3.63) is 60.3 Å². The van der Waals surface area contributed by atoms with Gasteiger partial charge in [-0.15, -0.1) is 0 Å². The molecule has 1 aliphatic rings. The van der Waals surface area contributed by atoms with Gasteiger partial charge in [0.1, 0.15) is 0 Å². The quantitative estimate of drug-likeness (QED) is 0.620. The van der Waals surface area contributed by atoms with Crippen LogP contribution < -0.4 is 10.2 Å². The lowest BCUT2D eigenvalue weighted by Crippen LogP contribution is -2.50. The van der Waals surface area contributed by atoms with Gasteiger partial charge < -0.3 is 24.4 Å². The first-order chi connectivity index (χ1) is 15.4. The molecule has 32 heavy (non-hydrogen) atoms. The van der Waals surface area contributed by atoms with Gasteiger partial charge in [0.15, 0.2) is 0 Å². The summed E-state index contributed by atoms with van der Waals surface area (Å²) in [5, 5.41) is 3.94. The topological polar surface area (TPSA) is 49.7 Å². The Morgan fingerprint density at radius 1 is 1.06 bits per heavy atom. The predicted octanol–water partition coefficient (Wildman–Crippen LogP) is 4.66. The van der Waals surface area contributed by atoms with Crippen molar-refractivity contribution in [2.75, 3.05) is 50.1 Å². The van der Waals surface area contributed by atoms with Crippen LogP contribution in [0.4, 0.5) is 29.3 Å². The highest BCUT2D eigenvalue weighted by Gasteiger charge is 2.31. The molecule has 3 aromatic rings. The molecule has 2 amide bonds. The number of urea groups is 1. The highest BCUT2D eigenvalue weighted by atomic mass is 19.4. The number of alkyl halides is 3. The summed E-state index contributed by atoms with van der Waals surface area (Å²) < 4.78 is 46.2. The van der Waals surface area contributed by atoms with Gasteiger partial charge in [-0.25, -0.2) is 4.79 Å². The zero-order valence-corrected chi connectivity index (χ0v) is 17.7. The van der Waals surface area contributed by atoms with Crippen molar-refractivity contribution in [3.8, 4) is 0 Å². The first-order valence-electron chi connectivity index (χ1n) is 10.4. The van der Waals surface area contributed by atoms with Crippen molar-refractivity contribution < 1.29 is 22.7 Å². The van der Waals surface area contributed by atoms with Crippen LogP contribution in [-0.4, -0.2) is 55.4 Å². The summed E-state index contributed by atoms with van der Waals surface area (Å²) in [6, 6.07) is 12.9. The van der Waals surface area contributed by atoms with Crippen molar-refractivity contribution >= 4 is 28.3 Å². The Hall–Kier alpha value is -3.20. The number of carbonyl (C=O) groups excluding carboxylic acids is 1. The maximum absolute atomic E-state index is 13.0. The van der Waals surface area contributed by atoms with E-state index in [0.717, 1.165) is 28.7 Å². The fourth-order valence-corrected chi connectivity index (χ4v) is 3.96. The Balaban J connectivity index is 1.41. The number of carbonyl (C=O) groups is 1. The van der Waals surface area contributed by atoms with Crippen molar-refractivity contribution in [3.63, 3.8) is 0 Å². The second-order valence-corrected chi connectivity index (χ2v) is 7.70. The van der Waals surface area contributed by atoms with Crippen LogP contribution >= 0.6 is 0 Å². The second-order valence-electron chi connectivity index (χ2n) is 7.70. The number of aromatic nitrogens is 1. The van der Waals surface area contributed by atoms with Gasteiger partial charge in [0.2, 0.25) is 0 Å². The summed E-state index contributed by atoms with van der Waals surface area (Å²) in [5.41, 5.74) is 1.58. The average Bonchev–Trinajstić information content (AvgIpc) is 3.14. The first-order valence-corrected chi connectivity index (χ1v) is 10.4. The number of halogens is 3. The molecule has 1 aromatic heterocycles. The number of hydrogen-bond acceptors (Lipinski definition) is 3. The van der Waals surface area contributed by atoms with E-state index in [-0.39, 0.29) is 6.03 Å². The third-order valence-electron chi connectivity index (χ3n) is 5.67. The molecule has 1 fully saturated rings. The number of rotatable bonds is 5. The molecule has 2 heterocycles. The molecule has 9 heteroatoms. The van der Waals surface area contributed by atoms with E-state index in [0.29, 0.717) is 45.0 Å². The zero-order chi connectivity index (χ0) is 22.7. The second kappa shape index (κ2) is 9.12. The summed E-state index contributed by atoms with van der Waals surface area (Å²) >= 11 is 0. The molecule has 1 aliphatic heterocycles. The van der Waals surface area contributed by atoms with E-state index in [1.807, 2.05) is 39.9 Å². The predicted molar refractivity (Wildman–Crippen MR) is 118 cm³/mol. The van der Waals surface area contributed by atoms with Crippen molar-refractivity contribution in [2.24, 2.45) is 0 Å². The van der Waals surface area contributed by atoms with Crippen molar-refractivity contribution in [1.82, 2.24) is 9.47 Å². The number of anilines is 2. The van der Waals surface area contributed by atoms with E-state index >= 15 is 0 Å². The van der Waals surface area contributed by atoms with Crippen LogP contribution in [0.2, 0.25) is 0 Å². The fraction of sp³-hybridized carbons (Fsp3) is 0.348. The Kier molecular flexibility index (Phi) is 6.27. The van der Waals surface area contributed by atoms with Crippen LogP contribution in [0.1, 0.15) is 5.56 Å². The Morgan fingerprint density at radius 2 is 1.81 bits per heavy atom. The van der Waals surface area contributed by atoms with Gasteiger partial charge >= 0.3 is 12.2 Å². The lowest BCUT2D eigenvalue weighted by atomic mass is 10.1. The minimum Gasteiger partial charge on any atom is -0.383 e. The zero-order valence-electron chi connectivity index (χ0n) is 17.7. The third kappa shape index (κ3) is 4.67. The van der Waals surface area contributed by atoms with Gasteiger partial charge in [-0.1, -0.05) is 24.3 Å². The van der Waals surface area contributed by atoms with E-state index in [2.05, 4.69) is 5.32 Å². The first kappa shape index (κ1) is 22.0. The number of nitrogens with zero attached hydrogens (tertiary/aromatic N) is 3. The maximum atomic E-state index is 13.0. The molecule has 0 aliphatic carbocycles. The van der Waals surface area contributed by atoms with E-state index in [9.17, 15) is 18.0 Å². The molecule has 0 bridgehead atoms. The Morgan fingerprint density at radius 3 is 2.53 bits per heavy atom. The molecule has 0 saturated carbocycles. The number of ether oxygens (including phenoxy) is 1. The largest absolute Gasteiger partial charge is 0.416 e. The van der Waals surface area contributed by atoms with Crippen LogP contribution in [0, 0.1) is 0 Å². The van der Waals surface area contributed by atoms with Crippen LogP contribution in [0.25, 0.3) is 10.9 Å². The lowest BCUT2D eigenvalue weighted by molar-refractivity contribution is -0.137. The van der Waals surface area contributed by atoms with E-state index < -0.39 is 11.7 Å². The van der Waals surface area contributed by atoms with Crippen molar-refractivity contribution in [1.29, 1.82) is 0 Å². The van der Waals surface area contributed by atoms with E-state index in [1.54, 1.807) is 18.1 Å². The van der Waals surface area contributed by atoms with Gasteiger partial charge in [0.25, 0.3) is 0 Å². The maximum Gasteiger partial charge on any atom is 0.416 e. The van der Waals surface area contributed by atoms with Gasteiger partial charge in [0, 0.05) is 57.1 Å². The molecule has 0 atom stereocenters. The lowest BCUT2D eigenvalue weighted by Gasteiger charge is -2.36. The molecule has 4 rings (SSSR count). The van der Waals surface area contributed by atoms with E-state index in [1.165, 1.54) is 6.07 Å². The van der Waals surface area contributed by atoms with Crippen molar-refractivity contribution in [2.45, 2.75) is 12.7 Å². The molecule has 170 valence electrons. The number of nitrogens with one attached hydrogen (secondary N) is 1. The summed E-state index contributed by atoms with van der Waals surface area (Å²) in [6.07, 6.45) is -2.47. The molecule has 1 saturated heterocycles. The molecule has 2 aromatic carbocycles. The van der Waals surface area contributed by atoms with E-state index in [4.69, 9.17) is 4.74 Å². The molecule has 1 N–H and O–H groups in total. The number of piperazine rings is 1. The van der Waals surface area contributed by atoms with Crippen LogP contribution in [0.5, 0.6) is 0 Å². The van der Waals surface area contributed by atoms with Gasteiger partial charge in [-0.05, 0) is 24.3 Å². The van der Waals surface area contributed by atoms with Gasteiger partial charge in [0.05, 0.1) is 23.4 Å². The number of methoxy groups -OCH3 is 1. The minimum atomic E-state index is -4.37. The summed E-state index contributed by atoms with van der Waals surface area (Å²) in [7, 11) is 1.65. The highest BCUT2D eigenvalue weighted by molar-refractivity contribution is 6.01. The highest BCUT2D eigenvalue weighted by Crippen LogP contribution is 2.32. The van der Waals surface area contributed by atoms with Gasteiger partial charge in [-0.3, -0.25) is 0 Å². The minimum absolute atomic E-state index is 0.219. The number of para-hydroxylation sites is 1. The third-order valence-corrected chi connectivity index (χ3v) is 5.67. The number of fused-ring (bicyclic) bond motifs is 1. The molecular weight excluding hydrogens is 421 g/mol. The van der Waals surface area contributed by atoms with Gasteiger partial charge in [-0.2, -0.15) is 13.2 Å². The smallest absolute Gasteiger partial charge is 0.383 e. The molecule has 6 nitrogen and oxygen atoms in total. The number of amides is 2. The summed E-state index contributed by atoms with van der Waals surface area (Å²) in [5.74, 6) is 0.